The molecule has 1 N–H and O–H groups in total. The number of carbonyl (C=O) groups is 2. The summed E-state index contributed by atoms with van der Waals surface area (Å²) in [7, 11) is 0. The normalized spacial score (nSPS) is 9.76. The lowest BCUT2D eigenvalue weighted by atomic mass is 10.2. The summed E-state index contributed by atoms with van der Waals surface area (Å²) < 4.78 is 4.73. The molecule has 0 fully saturated rings. The molecule has 0 radical (unpaired) electrons. The highest BCUT2D eigenvalue weighted by molar-refractivity contribution is 5.92. The summed E-state index contributed by atoms with van der Waals surface area (Å²) in [6, 6.07) is 3.47. The third-order valence-electron chi connectivity index (χ3n) is 2.04. The van der Waals surface area contributed by atoms with Crippen LogP contribution in [-0.2, 0) is 14.3 Å². The summed E-state index contributed by atoms with van der Waals surface area (Å²) in [5, 5.41) is 2.69. The number of rotatable bonds is 5. The Bertz CT molecular complexity index is 404. The first-order chi connectivity index (χ1) is 8.11. The molecule has 0 bridgehead atoms. The largest absolute Gasteiger partial charge is 0.466 e. The maximum absolute atomic E-state index is 11.5. The van der Waals surface area contributed by atoms with Gasteiger partial charge in [0.05, 0.1) is 13.0 Å². The van der Waals surface area contributed by atoms with Crippen LogP contribution in [0.3, 0.4) is 0 Å². The number of esters is 1. The number of ether oxygens (including phenoxy) is 1. The minimum absolute atomic E-state index is 0.101. The van der Waals surface area contributed by atoms with Gasteiger partial charge in [-0.15, -0.1) is 0 Å². The Kier molecular flexibility index (Phi) is 5.13. The molecule has 92 valence electrons. The Hall–Kier alpha value is -1.91. The van der Waals surface area contributed by atoms with Crippen LogP contribution in [0, 0.1) is 6.92 Å². The predicted octanol–water partition coefficient (Wildman–Crippen LogP) is 1.67. The van der Waals surface area contributed by atoms with Crippen molar-refractivity contribution in [1.82, 2.24) is 4.98 Å². The topological polar surface area (TPSA) is 68.3 Å². The van der Waals surface area contributed by atoms with E-state index in [0.29, 0.717) is 12.3 Å². The Morgan fingerprint density at radius 2 is 2.18 bits per heavy atom. The summed E-state index contributed by atoms with van der Waals surface area (Å²) in [6.07, 6.45) is 1.85. The van der Waals surface area contributed by atoms with E-state index < -0.39 is 0 Å². The standard InChI is InChI=1S/C12H16N2O3/c1-3-17-12(16)5-4-11(15)14-10-6-7-13-9(2)8-10/h6-8H,3-5H2,1-2H3,(H,13,14,15). The number of pyridine rings is 1. The zero-order valence-electron chi connectivity index (χ0n) is 10.0. The number of amides is 1. The quantitative estimate of drug-likeness (QED) is 0.789. The van der Waals surface area contributed by atoms with Crippen LogP contribution >= 0.6 is 0 Å². The van der Waals surface area contributed by atoms with Gasteiger partial charge in [0.2, 0.25) is 5.91 Å². The number of aromatic nitrogens is 1. The van der Waals surface area contributed by atoms with Crippen molar-refractivity contribution in [2.24, 2.45) is 0 Å². The van der Waals surface area contributed by atoms with Crippen LogP contribution < -0.4 is 5.32 Å². The molecule has 0 aliphatic carbocycles. The van der Waals surface area contributed by atoms with Crippen molar-refractivity contribution in [3.63, 3.8) is 0 Å². The van der Waals surface area contributed by atoms with Crippen molar-refractivity contribution in [2.75, 3.05) is 11.9 Å². The van der Waals surface area contributed by atoms with Gasteiger partial charge in [-0.25, -0.2) is 0 Å². The molecule has 1 rings (SSSR count). The van der Waals surface area contributed by atoms with E-state index in [1.807, 2.05) is 6.92 Å². The first kappa shape index (κ1) is 13.2. The summed E-state index contributed by atoms with van der Waals surface area (Å²) in [4.78, 5) is 26.6. The van der Waals surface area contributed by atoms with E-state index in [2.05, 4.69) is 10.3 Å². The number of hydrogen-bond acceptors (Lipinski definition) is 4. The molecule has 5 nitrogen and oxygen atoms in total. The van der Waals surface area contributed by atoms with E-state index in [1.165, 1.54) is 0 Å². The second-order valence-electron chi connectivity index (χ2n) is 3.54. The van der Waals surface area contributed by atoms with Crippen LogP contribution in [0.5, 0.6) is 0 Å². The second kappa shape index (κ2) is 6.62. The zero-order chi connectivity index (χ0) is 12.7. The lowest BCUT2D eigenvalue weighted by Crippen LogP contribution is -2.14. The molecule has 17 heavy (non-hydrogen) atoms. The van der Waals surface area contributed by atoms with Crippen LogP contribution in [0.4, 0.5) is 5.69 Å². The van der Waals surface area contributed by atoms with Gasteiger partial charge in [-0.2, -0.15) is 0 Å². The van der Waals surface area contributed by atoms with Crippen LogP contribution in [0.1, 0.15) is 25.5 Å². The van der Waals surface area contributed by atoms with E-state index in [0.717, 1.165) is 5.69 Å². The first-order valence-electron chi connectivity index (χ1n) is 5.50. The van der Waals surface area contributed by atoms with Crippen LogP contribution in [-0.4, -0.2) is 23.5 Å². The second-order valence-corrected chi connectivity index (χ2v) is 3.54. The number of nitrogens with one attached hydrogen (secondary N) is 1. The summed E-state index contributed by atoms with van der Waals surface area (Å²) in [5.41, 5.74) is 1.51. The van der Waals surface area contributed by atoms with E-state index in [4.69, 9.17) is 4.74 Å². The number of carbonyl (C=O) groups excluding carboxylic acids is 2. The molecule has 0 aliphatic rings. The molecule has 0 saturated carbocycles. The fraction of sp³-hybridized carbons (Fsp3) is 0.417. The maximum atomic E-state index is 11.5. The predicted molar refractivity (Wildman–Crippen MR) is 63.5 cm³/mol. The van der Waals surface area contributed by atoms with Gasteiger partial charge in [0.25, 0.3) is 0 Å². The maximum Gasteiger partial charge on any atom is 0.306 e. The molecular formula is C12H16N2O3. The summed E-state index contributed by atoms with van der Waals surface area (Å²) in [6.45, 7) is 3.91. The molecule has 0 unspecified atom stereocenters. The molecule has 1 amide bonds. The number of anilines is 1. The van der Waals surface area contributed by atoms with Gasteiger partial charge in [0.1, 0.15) is 0 Å². The van der Waals surface area contributed by atoms with Crippen LogP contribution in [0.25, 0.3) is 0 Å². The summed E-state index contributed by atoms with van der Waals surface area (Å²) >= 11 is 0. The Morgan fingerprint density at radius 3 is 2.82 bits per heavy atom. The average molecular weight is 236 g/mol. The fourth-order valence-electron chi connectivity index (χ4n) is 1.30. The van der Waals surface area contributed by atoms with Crippen molar-refractivity contribution in [1.29, 1.82) is 0 Å². The van der Waals surface area contributed by atoms with Gasteiger partial charge >= 0.3 is 5.97 Å². The first-order valence-corrected chi connectivity index (χ1v) is 5.50. The van der Waals surface area contributed by atoms with Gasteiger partial charge in [0, 0.05) is 24.0 Å². The van der Waals surface area contributed by atoms with Gasteiger partial charge in [-0.3, -0.25) is 14.6 Å². The zero-order valence-corrected chi connectivity index (χ0v) is 10.0. The third-order valence-corrected chi connectivity index (χ3v) is 2.04. The molecule has 0 spiro atoms. The number of hydrogen-bond donors (Lipinski definition) is 1. The van der Waals surface area contributed by atoms with Gasteiger partial charge < -0.3 is 10.1 Å². The summed E-state index contributed by atoms with van der Waals surface area (Å²) in [5.74, 6) is -0.558. The van der Waals surface area contributed by atoms with Gasteiger partial charge in [-0.1, -0.05) is 0 Å². The highest BCUT2D eigenvalue weighted by Crippen LogP contribution is 2.08. The van der Waals surface area contributed by atoms with E-state index in [9.17, 15) is 9.59 Å². The molecule has 1 aromatic heterocycles. The fourth-order valence-corrected chi connectivity index (χ4v) is 1.30. The van der Waals surface area contributed by atoms with Crippen LogP contribution in [0.2, 0.25) is 0 Å². The van der Waals surface area contributed by atoms with Crippen molar-refractivity contribution in [3.8, 4) is 0 Å². The Morgan fingerprint density at radius 1 is 1.41 bits per heavy atom. The molecule has 0 aromatic carbocycles. The molecule has 0 saturated heterocycles. The van der Waals surface area contributed by atoms with E-state index in [-0.39, 0.29) is 24.7 Å². The van der Waals surface area contributed by atoms with Crippen LogP contribution in [0.15, 0.2) is 18.3 Å². The molecule has 0 aliphatic heterocycles. The van der Waals surface area contributed by atoms with Crippen molar-refractivity contribution >= 4 is 17.6 Å². The molecule has 0 atom stereocenters. The lowest BCUT2D eigenvalue weighted by molar-refractivity contribution is -0.144. The Balaban J connectivity index is 2.37. The van der Waals surface area contributed by atoms with Gasteiger partial charge in [0.15, 0.2) is 0 Å². The van der Waals surface area contributed by atoms with Crippen molar-refractivity contribution in [2.45, 2.75) is 26.7 Å². The lowest BCUT2D eigenvalue weighted by Gasteiger charge is -2.05. The van der Waals surface area contributed by atoms with Gasteiger partial charge in [-0.05, 0) is 26.0 Å². The average Bonchev–Trinajstić information content (AvgIpc) is 2.27. The highest BCUT2D eigenvalue weighted by Gasteiger charge is 2.07. The molecular weight excluding hydrogens is 220 g/mol. The molecule has 5 heteroatoms. The van der Waals surface area contributed by atoms with Crippen molar-refractivity contribution in [3.05, 3.63) is 24.0 Å². The minimum atomic E-state index is -0.353. The highest BCUT2D eigenvalue weighted by atomic mass is 16.5. The monoisotopic (exact) mass is 236 g/mol. The molecule has 1 aromatic rings. The number of nitrogens with zero attached hydrogens (tertiary/aromatic N) is 1. The smallest absolute Gasteiger partial charge is 0.306 e. The van der Waals surface area contributed by atoms with E-state index in [1.54, 1.807) is 25.3 Å². The Labute approximate surface area is 100 Å². The third kappa shape index (κ3) is 5.10. The number of aryl methyl sites for hydroxylation is 1. The minimum Gasteiger partial charge on any atom is -0.466 e. The van der Waals surface area contributed by atoms with Crippen molar-refractivity contribution < 1.29 is 14.3 Å². The van der Waals surface area contributed by atoms with E-state index >= 15 is 0 Å². The molecule has 1 heterocycles. The SMILES string of the molecule is CCOC(=O)CCC(=O)Nc1ccnc(C)c1.